The molecule has 5 nitrogen and oxygen atoms in total. The molecule has 2 N–H and O–H groups in total. The molecule has 0 spiro atoms. The molecule has 0 amide bonds. The summed E-state index contributed by atoms with van der Waals surface area (Å²) in [5.41, 5.74) is 1.51. The standard InChI is InChI=1S/C14H18N2O3/c1-9-15-11-5-4-10(8-12(11)16-9)14(2,13(17)18)6-7-19-3/h4-5,8H,6-7H2,1-3H3,(H,15,16)(H,17,18). The first-order valence-corrected chi connectivity index (χ1v) is 6.16. The number of aromatic nitrogens is 2. The van der Waals surface area contributed by atoms with E-state index >= 15 is 0 Å². The Kier molecular flexibility index (Phi) is 3.57. The number of nitrogens with zero attached hydrogens (tertiary/aromatic N) is 1. The van der Waals surface area contributed by atoms with Crippen molar-refractivity contribution >= 4 is 17.0 Å². The molecule has 2 aromatic rings. The lowest BCUT2D eigenvalue weighted by molar-refractivity contribution is -0.143. The molecule has 102 valence electrons. The third kappa shape index (κ3) is 2.46. The smallest absolute Gasteiger partial charge is 0.313 e. The Bertz CT molecular complexity index is 606. The van der Waals surface area contributed by atoms with Crippen LogP contribution in [0.5, 0.6) is 0 Å². The molecule has 1 aromatic carbocycles. The van der Waals surface area contributed by atoms with Crippen molar-refractivity contribution in [3.05, 3.63) is 29.6 Å². The topological polar surface area (TPSA) is 75.2 Å². The Morgan fingerprint density at radius 3 is 2.89 bits per heavy atom. The predicted octanol–water partition coefficient (Wildman–Crippen LogP) is 2.25. The number of rotatable bonds is 5. The van der Waals surface area contributed by atoms with Crippen LogP contribution in [-0.2, 0) is 14.9 Å². The van der Waals surface area contributed by atoms with Crippen LogP contribution in [0, 0.1) is 6.92 Å². The van der Waals surface area contributed by atoms with Crippen molar-refractivity contribution in [2.75, 3.05) is 13.7 Å². The largest absolute Gasteiger partial charge is 0.481 e. The number of carbonyl (C=O) groups is 1. The van der Waals surface area contributed by atoms with Crippen molar-refractivity contribution in [2.45, 2.75) is 25.7 Å². The first-order chi connectivity index (χ1) is 8.97. The van der Waals surface area contributed by atoms with E-state index in [-0.39, 0.29) is 0 Å². The van der Waals surface area contributed by atoms with Crippen LogP contribution in [0.1, 0.15) is 24.7 Å². The second-order valence-corrected chi connectivity index (χ2v) is 4.93. The Balaban J connectivity index is 2.46. The highest BCUT2D eigenvalue weighted by Crippen LogP contribution is 2.30. The summed E-state index contributed by atoms with van der Waals surface area (Å²) in [6.07, 6.45) is 0.428. The summed E-state index contributed by atoms with van der Waals surface area (Å²) in [6, 6.07) is 5.54. The third-order valence-corrected chi connectivity index (χ3v) is 3.52. The van der Waals surface area contributed by atoms with E-state index < -0.39 is 11.4 Å². The van der Waals surface area contributed by atoms with Crippen molar-refractivity contribution in [1.82, 2.24) is 9.97 Å². The van der Waals surface area contributed by atoms with E-state index in [1.165, 1.54) is 0 Å². The van der Waals surface area contributed by atoms with Gasteiger partial charge in [-0.3, -0.25) is 4.79 Å². The number of H-pyrrole nitrogens is 1. The minimum atomic E-state index is -0.955. The van der Waals surface area contributed by atoms with Crippen LogP contribution in [0.3, 0.4) is 0 Å². The molecular formula is C14H18N2O3. The molecule has 0 bridgehead atoms. The van der Waals surface area contributed by atoms with Crippen LogP contribution >= 0.6 is 0 Å². The zero-order valence-corrected chi connectivity index (χ0v) is 11.4. The van der Waals surface area contributed by atoms with Gasteiger partial charge in [0.2, 0.25) is 0 Å². The number of benzene rings is 1. The molecule has 1 unspecified atom stereocenters. The molecule has 1 atom stereocenters. The average molecular weight is 262 g/mol. The first kappa shape index (κ1) is 13.5. The lowest BCUT2D eigenvalue weighted by Crippen LogP contribution is -2.33. The number of methoxy groups -OCH3 is 1. The second-order valence-electron chi connectivity index (χ2n) is 4.93. The van der Waals surface area contributed by atoms with Crippen LogP contribution in [-0.4, -0.2) is 34.8 Å². The van der Waals surface area contributed by atoms with Crippen LogP contribution in [0.2, 0.25) is 0 Å². The Morgan fingerprint density at radius 1 is 1.53 bits per heavy atom. The number of carboxylic acid groups (broad SMARTS) is 1. The van der Waals surface area contributed by atoms with Crippen molar-refractivity contribution in [2.24, 2.45) is 0 Å². The zero-order chi connectivity index (χ0) is 14.0. The van der Waals surface area contributed by atoms with Crippen LogP contribution in [0.25, 0.3) is 11.0 Å². The van der Waals surface area contributed by atoms with E-state index in [9.17, 15) is 9.90 Å². The number of ether oxygens (including phenoxy) is 1. The number of fused-ring (bicyclic) bond motifs is 1. The monoisotopic (exact) mass is 262 g/mol. The van der Waals surface area contributed by atoms with Gasteiger partial charge in [-0.15, -0.1) is 0 Å². The molecule has 19 heavy (non-hydrogen) atoms. The number of imidazole rings is 1. The van der Waals surface area contributed by atoms with E-state index in [1.54, 1.807) is 14.0 Å². The molecule has 0 saturated carbocycles. The minimum Gasteiger partial charge on any atom is -0.481 e. The number of nitrogens with one attached hydrogen (secondary N) is 1. The summed E-state index contributed by atoms with van der Waals surface area (Å²) in [6.45, 7) is 4.00. The number of carboxylic acids is 1. The summed E-state index contributed by atoms with van der Waals surface area (Å²) in [5, 5.41) is 9.51. The van der Waals surface area contributed by atoms with E-state index in [0.29, 0.717) is 13.0 Å². The quantitative estimate of drug-likeness (QED) is 0.866. The maximum absolute atomic E-state index is 11.6. The van der Waals surface area contributed by atoms with E-state index in [4.69, 9.17) is 4.74 Å². The summed E-state index contributed by atoms with van der Waals surface area (Å²) >= 11 is 0. The third-order valence-electron chi connectivity index (χ3n) is 3.52. The van der Waals surface area contributed by atoms with Crippen LogP contribution < -0.4 is 0 Å². The molecule has 0 fully saturated rings. The lowest BCUT2D eigenvalue weighted by Gasteiger charge is -2.25. The van der Waals surface area contributed by atoms with Crippen LogP contribution in [0.4, 0.5) is 0 Å². The Labute approximate surface area is 111 Å². The lowest BCUT2D eigenvalue weighted by atomic mass is 9.79. The molecule has 0 radical (unpaired) electrons. The zero-order valence-electron chi connectivity index (χ0n) is 11.4. The molecule has 0 aliphatic carbocycles. The first-order valence-electron chi connectivity index (χ1n) is 6.16. The highest BCUT2D eigenvalue weighted by atomic mass is 16.5. The van der Waals surface area contributed by atoms with Gasteiger partial charge in [-0.25, -0.2) is 4.98 Å². The van der Waals surface area contributed by atoms with Gasteiger partial charge in [0, 0.05) is 13.7 Å². The molecular weight excluding hydrogens is 244 g/mol. The number of aromatic amines is 1. The number of aryl methyl sites for hydroxylation is 1. The van der Waals surface area contributed by atoms with Crippen molar-refractivity contribution < 1.29 is 14.6 Å². The molecule has 5 heteroatoms. The molecule has 0 aliphatic rings. The average Bonchev–Trinajstić information content (AvgIpc) is 2.74. The normalized spacial score (nSPS) is 14.5. The minimum absolute atomic E-state index is 0.406. The second kappa shape index (κ2) is 5.01. The maximum atomic E-state index is 11.6. The van der Waals surface area contributed by atoms with Gasteiger partial charge in [0.25, 0.3) is 0 Å². The summed E-state index contributed by atoms with van der Waals surface area (Å²) in [5.74, 6) is -0.0267. The van der Waals surface area contributed by atoms with E-state index in [2.05, 4.69) is 9.97 Å². The molecule has 0 saturated heterocycles. The molecule has 0 aliphatic heterocycles. The number of aliphatic carboxylic acids is 1. The molecule has 1 aromatic heterocycles. The highest BCUT2D eigenvalue weighted by Gasteiger charge is 2.35. The van der Waals surface area contributed by atoms with Gasteiger partial charge in [-0.1, -0.05) is 6.07 Å². The number of hydrogen-bond donors (Lipinski definition) is 2. The summed E-state index contributed by atoms with van der Waals surface area (Å²) in [7, 11) is 1.57. The summed E-state index contributed by atoms with van der Waals surface area (Å²) in [4.78, 5) is 19.0. The fourth-order valence-electron chi connectivity index (χ4n) is 2.16. The molecule has 1 heterocycles. The van der Waals surface area contributed by atoms with Crippen molar-refractivity contribution in [3.8, 4) is 0 Å². The Hall–Kier alpha value is -1.88. The van der Waals surface area contributed by atoms with Gasteiger partial charge in [-0.05, 0) is 38.0 Å². The van der Waals surface area contributed by atoms with Crippen LogP contribution in [0.15, 0.2) is 18.2 Å². The van der Waals surface area contributed by atoms with Gasteiger partial charge < -0.3 is 14.8 Å². The summed E-state index contributed by atoms with van der Waals surface area (Å²) < 4.78 is 5.02. The van der Waals surface area contributed by atoms with Gasteiger partial charge in [0.15, 0.2) is 0 Å². The SMILES string of the molecule is COCCC(C)(C(=O)O)c1ccc2nc(C)[nH]c2c1. The van der Waals surface area contributed by atoms with Crippen molar-refractivity contribution in [1.29, 1.82) is 0 Å². The van der Waals surface area contributed by atoms with Gasteiger partial charge >= 0.3 is 5.97 Å². The van der Waals surface area contributed by atoms with Gasteiger partial charge in [0.05, 0.1) is 16.4 Å². The van der Waals surface area contributed by atoms with Gasteiger partial charge in [0.1, 0.15) is 5.82 Å². The van der Waals surface area contributed by atoms with Crippen molar-refractivity contribution in [3.63, 3.8) is 0 Å². The predicted molar refractivity (Wildman–Crippen MR) is 72.3 cm³/mol. The highest BCUT2D eigenvalue weighted by molar-refractivity contribution is 5.84. The Morgan fingerprint density at radius 2 is 2.26 bits per heavy atom. The van der Waals surface area contributed by atoms with E-state index in [0.717, 1.165) is 22.4 Å². The molecule has 2 rings (SSSR count). The van der Waals surface area contributed by atoms with Gasteiger partial charge in [-0.2, -0.15) is 0 Å². The van der Waals surface area contributed by atoms with E-state index in [1.807, 2.05) is 25.1 Å². The number of hydrogen-bond acceptors (Lipinski definition) is 3. The fourth-order valence-corrected chi connectivity index (χ4v) is 2.16. The maximum Gasteiger partial charge on any atom is 0.313 e. The fraction of sp³-hybridized carbons (Fsp3) is 0.429.